The number of nitro benzene ring substituents is 1. The second-order valence-corrected chi connectivity index (χ2v) is 8.40. The number of anilines is 2. The molecule has 2 aromatic carbocycles. The number of nitrogens with one attached hydrogen (secondary N) is 2. The number of piperidine rings is 1. The molecule has 0 aromatic heterocycles. The highest BCUT2D eigenvalue weighted by atomic mass is 35.5. The van der Waals surface area contributed by atoms with Crippen LogP contribution in [0.3, 0.4) is 0 Å². The van der Waals surface area contributed by atoms with Crippen molar-refractivity contribution in [1.29, 1.82) is 0 Å². The van der Waals surface area contributed by atoms with Crippen molar-refractivity contribution in [2.45, 2.75) is 31.7 Å². The number of hydrogen-bond acceptors (Lipinski definition) is 7. The maximum absolute atomic E-state index is 11.3. The van der Waals surface area contributed by atoms with Crippen LogP contribution in [-0.4, -0.2) is 53.8 Å². The topological polar surface area (TPSA) is 139 Å². The molecule has 33 heavy (non-hydrogen) atoms. The van der Waals surface area contributed by atoms with Crippen molar-refractivity contribution in [2.24, 2.45) is 5.11 Å². The Morgan fingerprint density at radius 3 is 2.82 bits per heavy atom. The molecule has 0 radical (unpaired) electrons. The molecule has 10 nitrogen and oxygen atoms in total. The van der Waals surface area contributed by atoms with E-state index in [1.165, 1.54) is 24.6 Å². The van der Waals surface area contributed by atoms with Gasteiger partial charge >= 0.3 is 0 Å². The van der Waals surface area contributed by atoms with E-state index >= 15 is 0 Å². The zero-order chi connectivity index (χ0) is 23.6. The molecule has 2 aromatic rings. The molecule has 0 unspecified atom stereocenters. The fourth-order valence-corrected chi connectivity index (χ4v) is 4.33. The highest BCUT2D eigenvalue weighted by Gasteiger charge is 2.21. The number of aliphatic hydroxyl groups excluding tert-OH is 1. The van der Waals surface area contributed by atoms with E-state index in [0.29, 0.717) is 23.8 Å². The zero-order valence-electron chi connectivity index (χ0n) is 18.3. The van der Waals surface area contributed by atoms with Gasteiger partial charge in [0.05, 0.1) is 11.5 Å². The van der Waals surface area contributed by atoms with Gasteiger partial charge in [-0.25, -0.2) is 0 Å². The highest BCUT2D eigenvalue weighted by molar-refractivity contribution is 6.30. The Morgan fingerprint density at radius 2 is 2.06 bits per heavy atom. The summed E-state index contributed by atoms with van der Waals surface area (Å²) in [4.78, 5) is 15.8. The van der Waals surface area contributed by atoms with E-state index in [0.717, 1.165) is 43.6 Å². The number of azide groups is 1. The fraction of sp³-hybridized carbons (Fsp3) is 0.455. The van der Waals surface area contributed by atoms with Crippen LogP contribution in [0.2, 0.25) is 5.02 Å². The SMILES string of the molecule is [N-]=[N+]=Nc1ccc(NCCNc2cc(Cl)cc(CCN3CCCC[C@@H]3CO)c2)c([N+](=O)[O-])c1. The van der Waals surface area contributed by atoms with Gasteiger partial charge < -0.3 is 15.7 Å². The summed E-state index contributed by atoms with van der Waals surface area (Å²) in [6, 6.07) is 10.4. The number of rotatable bonds is 11. The smallest absolute Gasteiger partial charge is 0.292 e. The molecule has 1 heterocycles. The zero-order valence-corrected chi connectivity index (χ0v) is 19.0. The van der Waals surface area contributed by atoms with Crippen LogP contribution >= 0.6 is 11.6 Å². The van der Waals surface area contributed by atoms with Gasteiger partial charge in [-0.15, -0.1) is 0 Å². The summed E-state index contributed by atoms with van der Waals surface area (Å²) < 4.78 is 0. The Hall–Kier alpha value is -3.04. The second kappa shape index (κ2) is 12.3. The van der Waals surface area contributed by atoms with E-state index < -0.39 is 4.92 Å². The van der Waals surface area contributed by atoms with Crippen molar-refractivity contribution in [3.05, 3.63) is 67.5 Å². The molecule has 0 amide bonds. The van der Waals surface area contributed by atoms with Crippen LogP contribution in [0.1, 0.15) is 24.8 Å². The normalized spacial score (nSPS) is 16.1. The fourth-order valence-electron chi connectivity index (χ4n) is 4.07. The monoisotopic (exact) mass is 473 g/mol. The predicted octanol–water partition coefficient (Wildman–Crippen LogP) is 5.10. The average Bonchev–Trinajstić information content (AvgIpc) is 2.81. The molecule has 3 rings (SSSR count). The first-order valence-electron chi connectivity index (χ1n) is 11.0. The van der Waals surface area contributed by atoms with Gasteiger partial charge in [0.2, 0.25) is 0 Å². The van der Waals surface area contributed by atoms with E-state index in [9.17, 15) is 15.2 Å². The van der Waals surface area contributed by atoms with Crippen molar-refractivity contribution < 1.29 is 10.0 Å². The van der Waals surface area contributed by atoms with E-state index in [1.807, 2.05) is 12.1 Å². The third-order valence-electron chi connectivity index (χ3n) is 5.71. The van der Waals surface area contributed by atoms with Crippen LogP contribution in [0.15, 0.2) is 41.5 Å². The van der Waals surface area contributed by atoms with E-state index in [2.05, 4.69) is 31.6 Å². The number of hydrogen-bond donors (Lipinski definition) is 3. The van der Waals surface area contributed by atoms with Gasteiger partial charge in [-0.1, -0.05) is 29.2 Å². The Morgan fingerprint density at radius 1 is 1.24 bits per heavy atom. The van der Waals surface area contributed by atoms with Crippen LogP contribution < -0.4 is 10.6 Å². The molecular weight excluding hydrogens is 446 g/mol. The van der Waals surface area contributed by atoms with Gasteiger partial charge in [-0.2, -0.15) is 0 Å². The molecule has 1 saturated heterocycles. The van der Waals surface area contributed by atoms with Crippen molar-refractivity contribution in [3.63, 3.8) is 0 Å². The van der Waals surface area contributed by atoms with Crippen LogP contribution in [0, 0.1) is 10.1 Å². The molecule has 1 aliphatic rings. The van der Waals surface area contributed by atoms with Crippen molar-refractivity contribution >= 4 is 34.4 Å². The van der Waals surface area contributed by atoms with Crippen molar-refractivity contribution in [2.75, 3.05) is 43.4 Å². The Balaban J connectivity index is 1.54. The van der Waals surface area contributed by atoms with Crippen LogP contribution in [0.4, 0.5) is 22.7 Å². The molecule has 11 heteroatoms. The molecule has 0 spiro atoms. The van der Waals surface area contributed by atoms with Crippen molar-refractivity contribution in [3.8, 4) is 0 Å². The van der Waals surface area contributed by atoms with E-state index in [4.69, 9.17) is 17.1 Å². The van der Waals surface area contributed by atoms with Gasteiger partial charge in [0.15, 0.2) is 0 Å². The lowest BCUT2D eigenvalue weighted by Gasteiger charge is -2.34. The number of benzene rings is 2. The third-order valence-corrected chi connectivity index (χ3v) is 5.93. The number of nitro groups is 1. The Bertz CT molecular complexity index is 1010. The summed E-state index contributed by atoms with van der Waals surface area (Å²) in [5.74, 6) is 0. The molecule has 0 saturated carbocycles. The average molecular weight is 474 g/mol. The van der Waals surface area contributed by atoms with Crippen LogP contribution in [0.25, 0.3) is 10.4 Å². The first-order valence-corrected chi connectivity index (χ1v) is 11.3. The molecule has 1 aliphatic heterocycles. The first kappa shape index (κ1) is 24.6. The third kappa shape index (κ3) is 7.23. The van der Waals surface area contributed by atoms with Gasteiger partial charge in [-0.3, -0.25) is 15.0 Å². The number of halogens is 1. The predicted molar refractivity (Wildman–Crippen MR) is 130 cm³/mol. The highest BCUT2D eigenvalue weighted by Crippen LogP contribution is 2.29. The maximum Gasteiger partial charge on any atom is 0.292 e. The lowest BCUT2D eigenvalue weighted by molar-refractivity contribution is -0.383. The van der Waals surface area contributed by atoms with Gasteiger partial charge in [0.1, 0.15) is 5.69 Å². The molecule has 0 aliphatic carbocycles. The summed E-state index contributed by atoms with van der Waals surface area (Å²) in [5.41, 5.74) is 10.9. The van der Waals surface area contributed by atoms with Gasteiger partial charge in [0, 0.05) is 53.1 Å². The summed E-state index contributed by atoms with van der Waals surface area (Å²) >= 11 is 6.31. The molecule has 3 N–H and O–H groups in total. The number of aliphatic hydroxyl groups is 1. The van der Waals surface area contributed by atoms with Crippen LogP contribution in [-0.2, 0) is 6.42 Å². The van der Waals surface area contributed by atoms with E-state index in [-0.39, 0.29) is 24.0 Å². The Kier molecular flexibility index (Phi) is 9.14. The number of likely N-dealkylation sites (tertiary alicyclic amines) is 1. The Labute approximate surface area is 197 Å². The second-order valence-electron chi connectivity index (χ2n) is 7.97. The first-order chi connectivity index (χ1) is 16.0. The van der Waals surface area contributed by atoms with Gasteiger partial charge in [-0.05, 0) is 61.2 Å². The summed E-state index contributed by atoms with van der Waals surface area (Å²) in [7, 11) is 0. The molecule has 176 valence electrons. The van der Waals surface area contributed by atoms with Crippen molar-refractivity contribution in [1.82, 2.24) is 4.90 Å². The minimum atomic E-state index is -0.515. The molecule has 0 bridgehead atoms. The lowest BCUT2D eigenvalue weighted by atomic mass is 10.0. The minimum absolute atomic E-state index is 0.149. The summed E-state index contributed by atoms with van der Waals surface area (Å²) in [5, 5.41) is 31.3. The molecular formula is C22H28ClN7O3. The number of nitrogens with zero attached hydrogens (tertiary/aromatic N) is 5. The quantitative estimate of drug-likeness (QED) is 0.103. The standard InChI is InChI=1S/C22H28ClN7O3/c23-17-11-16(6-10-29-9-2-1-3-20(29)15-31)12-19(13-17)25-7-8-26-21-5-4-18(27-28-24)14-22(21)30(32)33/h4-5,11-14,20,25-26,31H,1-3,6-10,15H2/t20-/m1/s1. The van der Waals surface area contributed by atoms with Gasteiger partial charge in [0.25, 0.3) is 5.69 Å². The minimum Gasteiger partial charge on any atom is -0.395 e. The van der Waals surface area contributed by atoms with E-state index in [1.54, 1.807) is 0 Å². The lowest BCUT2D eigenvalue weighted by Crippen LogP contribution is -2.42. The molecule has 1 fully saturated rings. The largest absolute Gasteiger partial charge is 0.395 e. The summed E-state index contributed by atoms with van der Waals surface area (Å²) in [6.45, 7) is 3.05. The molecule has 1 atom stereocenters. The maximum atomic E-state index is 11.3. The summed E-state index contributed by atoms with van der Waals surface area (Å²) in [6.07, 6.45) is 4.21. The van der Waals surface area contributed by atoms with Crippen LogP contribution in [0.5, 0.6) is 0 Å².